The third kappa shape index (κ3) is 3.33. The number of rotatable bonds is 5. The topological polar surface area (TPSA) is 54.3 Å². The Hall–Kier alpha value is -0.850. The van der Waals surface area contributed by atoms with Gasteiger partial charge in [0.1, 0.15) is 4.90 Å². The smallest absolute Gasteiger partial charge is 0.244 e. The summed E-state index contributed by atoms with van der Waals surface area (Å²) in [5, 5.41) is 3.44. The number of hydrogen-bond acceptors (Lipinski definition) is 3. The van der Waals surface area contributed by atoms with Crippen molar-refractivity contribution in [1.29, 1.82) is 0 Å². The Morgan fingerprint density at radius 1 is 1.33 bits per heavy atom. The number of sulfonamides is 1. The van der Waals surface area contributed by atoms with Crippen LogP contribution in [0.25, 0.3) is 0 Å². The zero-order valence-corrected chi connectivity index (χ0v) is 13.7. The molecule has 1 aliphatic heterocycles. The van der Waals surface area contributed by atoms with Gasteiger partial charge in [0.2, 0.25) is 10.0 Å². The van der Waals surface area contributed by atoms with E-state index in [0.29, 0.717) is 29.9 Å². The summed E-state index contributed by atoms with van der Waals surface area (Å²) in [6.45, 7) is 4.16. The summed E-state index contributed by atoms with van der Waals surface area (Å²) >= 11 is 0. The van der Waals surface area contributed by atoms with E-state index in [9.17, 15) is 8.42 Å². The van der Waals surface area contributed by atoms with Crippen LogP contribution in [0, 0.1) is 5.92 Å². The monoisotopic (exact) mass is 311 g/mol. The second kappa shape index (κ2) is 5.74. The largest absolute Gasteiger partial charge is 0.352 e. The Morgan fingerprint density at radius 2 is 2.10 bits per heavy atom. The molecule has 2 aliphatic rings. The minimum atomic E-state index is -3.33. The zero-order chi connectivity index (χ0) is 15.0. The molecule has 0 bridgehead atoms. The van der Waals surface area contributed by atoms with Crippen molar-refractivity contribution in [3.63, 3.8) is 0 Å². The quantitative estimate of drug-likeness (QED) is 0.900. The van der Waals surface area contributed by atoms with E-state index in [1.165, 1.54) is 12.8 Å². The van der Waals surface area contributed by atoms with Crippen molar-refractivity contribution in [2.75, 3.05) is 13.1 Å². The second-order valence-corrected chi connectivity index (χ2v) is 8.48. The van der Waals surface area contributed by atoms with Gasteiger partial charge in [-0.2, -0.15) is 4.31 Å². The molecule has 6 heteroatoms. The number of nitrogens with one attached hydrogen (secondary N) is 1. The number of aryl methyl sites for hydroxylation is 1. The molecule has 0 aromatic carbocycles. The van der Waals surface area contributed by atoms with E-state index < -0.39 is 10.0 Å². The lowest BCUT2D eigenvalue weighted by Gasteiger charge is -2.29. The molecule has 1 aromatic rings. The first-order valence-electron chi connectivity index (χ1n) is 7.85. The van der Waals surface area contributed by atoms with Crippen LogP contribution in [0.1, 0.15) is 38.3 Å². The molecule has 1 atom stereocenters. The second-order valence-electron chi connectivity index (χ2n) is 6.54. The Balaban J connectivity index is 1.76. The van der Waals surface area contributed by atoms with Crippen molar-refractivity contribution in [2.24, 2.45) is 13.0 Å². The maximum Gasteiger partial charge on any atom is 0.244 e. The van der Waals surface area contributed by atoms with Gasteiger partial charge >= 0.3 is 0 Å². The van der Waals surface area contributed by atoms with Crippen LogP contribution in [0.5, 0.6) is 0 Å². The van der Waals surface area contributed by atoms with Crippen LogP contribution < -0.4 is 5.32 Å². The average molecular weight is 311 g/mol. The summed E-state index contributed by atoms with van der Waals surface area (Å²) in [7, 11) is -1.42. The number of hydrogen-bond donors (Lipinski definition) is 1. The van der Waals surface area contributed by atoms with Gasteiger partial charge in [0.15, 0.2) is 0 Å². The van der Waals surface area contributed by atoms with Gasteiger partial charge < -0.3 is 9.88 Å². The molecule has 0 spiro atoms. The van der Waals surface area contributed by atoms with Gasteiger partial charge in [-0.3, -0.25) is 0 Å². The minimum Gasteiger partial charge on any atom is -0.352 e. The molecule has 21 heavy (non-hydrogen) atoms. The Morgan fingerprint density at radius 3 is 2.76 bits per heavy atom. The highest BCUT2D eigenvalue weighted by Crippen LogP contribution is 2.25. The SMILES string of the molecule is CC1CCCN(S(=O)(=O)c2cc(CNC3CC3)n(C)c2)C1. The first-order chi connectivity index (χ1) is 9.96. The Labute approximate surface area is 127 Å². The van der Waals surface area contributed by atoms with Crippen LogP contribution in [-0.4, -0.2) is 36.4 Å². The predicted octanol–water partition coefficient (Wildman–Crippen LogP) is 1.70. The molecule has 118 valence electrons. The molecule has 2 fully saturated rings. The van der Waals surface area contributed by atoms with Crippen molar-refractivity contribution >= 4 is 10.0 Å². The molecular weight excluding hydrogens is 286 g/mol. The molecule has 0 amide bonds. The summed E-state index contributed by atoms with van der Waals surface area (Å²) in [5.41, 5.74) is 1.03. The Kier molecular flexibility index (Phi) is 4.12. The summed E-state index contributed by atoms with van der Waals surface area (Å²) in [6.07, 6.45) is 6.31. The van der Waals surface area contributed by atoms with Gasteiger partial charge in [-0.25, -0.2) is 8.42 Å². The lowest BCUT2D eigenvalue weighted by Crippen LogP contribution is -2.38. The van der Waals surface area contributed by atoms with Gasteiger partial charge in [0.05, 0.1) is 0 Å². The average Bonchev–Trinajstić information content (AvgIpc) is 3.19. The maximum atomic E-state index is 12.7. The molecule has 1 saturated carbocycles. The maximum absolute atomic E-state index is 12.7. The van der Waals surface area contributed by atoms with E-state index >= 15 is 0 Å². The van der Waals surface area contributed by atoms with Crippen LogP contribution in [0.2, 0.25) is 0 Å². The van der Waals surface area contributed by atoms with Crippen molar-refractivity contribution < 1.29 is 8.42 Å². The molecule has 1 aromatic heterocycles. The molecule has 1 aliphatic carbocycles. The molecule has 2 heterocycles. The van der Waals surface area contributed by atoms with E-state index in [1.54, 1.807) is 10.5 Å². The molecule has 5 nitrogen and oxygen atoms in total. The van der Waals surface area contributed by atoms with Crippen molar-refractivity contribution in [3.05, 3.63) is 18.0 Å². The standard InChI is InChI=1S/C15H25N3O2S/c1-12-4-3-7-18(10-12)21(19,20)15-8-14(17(2)11-15)9-16-13-5-6-13/h8,11-13,16H,3-7,9-10H2,1-2H3. The highest BCUT2D eigenvalue weighted by molar-refractivity contribution is 7.89. The fourth-order valence-corrected chi connectivity index (χ4v) is 4.64. The number of piperidine rings is 1. The van der Waals surface area contributed by atoms with Gasteiger partial charge in [-0.05, 0) is 37.7 Å². The molecule has 3 rings (SSSR count). The van der Waals surface area contributed by atoms with Gasteiger partial charge in [-0.15, -0.1) is 0 Å². The molecule has 0 radical (unpaired) electrons. The van der Waals surface area contributed by atoms with E-state index in [1.807, 2.05) is 17.7 Å². The fraction of sp³-hybridized carbons (Fsp3) is 0.733. The molecular formula is C15H25N3O2S. The number of aromatic nitrogens is 1. The van der Waals surface area contributed by atoms with E-state index in [2.05, 4.69) is 12.2 Å². The van der Waals surface area contributed by atoms with Gasteiger partial charge in [0.25, 0.3) is 0 Å². The van der Waals surface area contributed by atoms with Crippen LogP contribution in [0.15, 0.2) is 17.2 Å². The third-order valence-corrected chi connectivity index (χ3v) is 6.32. The van der Waals surface area contributed by atoms with Crippen molar-refractivity contribution in [3.8, 4) is 0 Å². The van der Waals surface area contributed by atoms with Crippen molar-refractivity contribution in [2.45, 2.75) is 50.1 Å². The highest BCUT2D eigenvalue weighted by Gasteiger charge is 2.30. The summed E-state index contributed by atoms with van der Waals surface area (Å²) in [5.74, 6) is 0.452. The molecule has 1 saturated heterocycles. The van der Waals surface area contributed by atoms with Gasteiger partial charge in [-0.1, -0.05) is 6.92 Å². The first-order valence-corrected chi connectivity index (χ1v) is 9.29. The lowest BCUT2D eigenvalue weighted by atomic mass is 10.0. The van der Waals surface area contributed by atoms with Crippen LogP contribution in [0.4, 0.5) is 0 Å². The van der Waals surface area contributed by atoms with E-state index in [0.717, 1.165) is 25.1 Å². The summed E-state index contributed by atoms with van der Waals surface area (Å²) < 4.78 is 29.1. The predicted molar refractivity (Wildman–Crippen MR) is 82.4 cm³/mol. The van der Waals surface area contributed by atoms with Crippen LogP contribution in [0.3, 0.4) is 0 Å². The third-order valence-electron chi connectivity index (χ3n) is 4.49. The van der Waals surface area contributed by atoms with Crippen molar-refractivity contribution in [1.82, 2.24) is 14.2 Å². The number of nitrogens with zero attached hydrogens (tertiary/aromatic N) is 2. The molecule has 1 unspecified atom stereocenters. The summed E-state index contributed by atoms with van der Waals surface area (Å²) in [6, 6.07) is 2.45. The zero-order valence-electron chi connectivity index (χ0n) is 12.9. The van der Waals surface area contributed by atoms with Crippen LogP contribution in [-0.2, 0) is 23.6 Å². The Bertz CT molecular complexity index is 604. The lowest BCUT2D eigenvalue weighted by molar-refractivity contribution is 0.281. The first kappa shape index (κ1) is 15.1. The van der Waals surface area contributed by atoms with Gasteiger partial charge in [0, 0.05) is 44.6 Å². The van der Waals surface area contributed by atoms with E-state index in [-0.39, 0.29) is 0 Å². The molecule has 1 N–H and O–H groups in total. The van der Waals surface area contributed by atoms with E-state index in [4.69, 9.17) is 0 Å². The van der Waals surface area contributed by atoms with Crippen LogP contribution >= 0.6 is 0 Å². The highest BCUT2D eigenvalue weighted by atomic mass is 32.2. The minimum absolute atomic E-state index is 0.437. The fourth-order valence-electron chi connectivity index (χ4n) is 2.94. The summed E-state index contributed by atoms with van der Waals surface area (Å²) in [4.78, 5) is 0.437. The normalized spacial score (nSPS) is 24.4.